The summed E-state index contributed by atoms with van der Waals surface area (Å²) < 4.78 is 0. The van der Waals surface area contributed by atoms with Crippen LogP contribution in [0.4, 0.5) is 0 Å². The third kappa shape index (κ3) is 21.4. The highest BCUT2D eigenvalue weighted by Gasteiger charge is 2.29. The van der Waals surface area contributed by atoms with Crippen LogP contribution in [0.25, 0.3) is 0 Å². The Kier molecular flexibility index (Phi) is 14.6. The first-order chi connectivity index (χ1) is 15.4. The topological polar surface area (TPSA) is 71.1 Å². The van der Waals surface area contributed by atoms with Gasteiger partial charge in [0.05, 0.1) is 0 Å². The summed E-state index contributed by atoms with van der Waals surface area (Å²) in [5, 5.41) is 0. The molecule has 0 radical (unpaired) electrons. The van der Waals surface area contributed by atoms with Gasteiger partial charge in [-0.05, 0) is 77.0 Å². The second-order valence-corrected chi connectivity index (χ2v) is 13.3. The maximum absolute atomic E-state index is 12.0. The van der Waals surface area contributed by atoms with Crippen molar-refractivity contribution in [3.63, 3.8) is 0 Å². The van der Waals surface area contributed by atoms with Gasteiger partial charge in [-0.15, -0.1) is 0 Å². The van der Waals surface area contributed by atoms with Crippen LogP contribution in [-0.4, -0.2) is 23.1 Å². The van der Waals surface area contributed by atoms with Gasteiger partial charge in [0.1, 0.15) is 11.2 Å². The summed E-state index contributed by atoms with van der Waals surface area (Å²) in [7, 11) is 0. The van der Waals surface area contributed by atoms with Crippen LogP contribution in [0.3, 0.4) is 0 Å². The van der Waals surface area contributed by atoms with Crippen molar-refractivity contribution in [3.8, 4) is 0 Å². The zero-order chi connectivity index (χ0) is 26.5. The Balaban J connectivity index is 4.05. The highest BCUT2D eigenvalue weighted by Crippen LogP contribution is 2.26. The molecule has 0 saturated carbocycles. The number of hydrogen-bond donors (Lipinski definition) is 0. The monoisotopic (exact) mass is 486 g/mol. The van der Waals surface area contributed by atoms with Crippen LogP contribution >= 0.6 is 0 Å². The largest absolute Gasteiger partial charge is 0.342 e. The highest BCUT2D eigenvalue weighted by molar-refractivity contribution is 5.68. The molecule has 0 heterocycles. The first kappa shape index (κ1) is 32.9. The lowest BCUT2D eigenvalue weighted by Crippen LogP contribution is -2.32. The molecule has 0 aromatic carbocycles. The molecule has 0 amide bonds. The van der Waals surface area contributed by atoms with Crippen LogP contribution in [0.1, 0.15) is 146 Å². The van der Waals surface area contributed by atoms with Gasteiger partial charge in [0.25, 0.3) is 0 Å². The molecule has 0 spiro atoms. The summed E-state index contributed by atoms with van der Waals surface area (Å²) >= 11 is 0. The smallest absolute Gasteiger partial charge is 0.298 e. The third-order valence-electron chi connectivity index (χ3n) is 5.66. The van der Waals surface area contributed by atoms with E-state index >= 15 is 0 Å². The van der Waals surface area contributed by atoms with Crippen LogP contribution in [-0.2, 0) is 29.1 Å². The first-order valence-electron chi connectivity index (χ1n) is 13.2. The summed E-state index contributed by atoms with van der Waals surface area (Å²) in [6.45, 7) is 20.8. The van der Waals surface area contributed by atoms with E-state index in [0.717, 1.165) is 51.4 Å². The van der Waals surface area contributed by atoms with Crippen LogP contribution in [0.5, 0.6) is 0 Å². The molecule has 0 aromatic heterocycles. The molecule has 0 aromatic rings. The van der Waals surface area contributed by atoms with Crippen LogP contribution < -0.4 is 0 Å². The molecule has 0 aliphatic heterocycles. The fraction of sp³-hybridized carbons (Fsp3) is 0.929. The molecular formula is C28H54O6. The van der Waals surface area contributed by atoms with Crippen molar-refractivity contribution in [1.29, 1.82) is 0 Å². The SMILES string of the molecule is CC(C)(C)CCCCCC(=O)OOC(C)(C)CCC(C)(C)OOC(=O)CCCCCC(C)(C)C. The molecule has 0 unspecified atom stereocenters. The second-order valence-electron chi connectivity index (χ2n) is 13.3. The van der Waals surface area contributed by atoms with E-state index in [4.69, 9.17) is 19.6 Å². The zero-order valence-electron chi connectivity index (χ0n) is 23.9. The number of rotatable bonds is 17. The molecule has 0 bridgehead atoms. The minimum absolute atomic E-state index is 0.329. The molecule has 6 heteroatoms. The summed E-state index contributed by atoms with van der Waals surface area (Å²) in [5.74, 6) is -0.674. The Morgan fingerprint density at radius 3 is 1.09 bits per heavy atom. The predicted molar refractivity (Wildman–Crippen MR) is 137 cm³/mol. The minimum Gasteiger partial charge on any atom is -0.298 e. The van der Waals surface area contributed by atoms with E-state index in [-0.39, 0.29) is 11.9 Å². The predicted octanol–water partition coefficient (Wildman–Crippen LogP) is 8.27. The van der Waals surface area contributed by atoms with E-state index < -0.39 is 11.2 Å². The molecule has 0 N–H and O–H groups in total. The van der Waals surface area contributed by atoms with Crippen LogP contribution in [0.15, 0.2) is 0 Å². The van der Waals surface area contributed by atoms with Gasteiger partial charge in [0.2, 0.25) is 0 Å². The summed E-state index contributed by atoms with van der Waals surface area (Å²) in [4.78, 5) is 44.8. The number of unbranched alkanes of at least 4 members (excludes halogenated alkanes) is 4. The van der Waals surface area contributed by atoms with Gasteiger partial charge in [-0.1, -0.05) is 67.2 Å². The average molecular weight is 487 g/mol. The summed E-state index contributed by atoms with van der Waals surface area (Å²) in [6, 6.07) is 0. The van der Waals surface area contributed by atoms with Gasteiger partial charge >= 0.3 is 11.9 Å². The van der Waals surface area contributed by atoms with Crippen molar-refractivity contribution in [3.05, 3.63) is 0 Å². The zero-order valence-corrected chi connectivity index (χ0v) is 23.9. The van der Waals surface area contributed by atoms with Crippen molar-refractivity contribution in [1.82, 2.24) is 0 Å². The lowest BCUT2D eigenvalue weighted by Gasteiger charge is -2.28. The molecule has 0 atom stereocenters. The molecule has 0 rings (SSSR count). The molecule has 0 fully saturated rings. The van der Waals surface area contributed by atoms with Gasteiger partial charge < -0.3 is 0 Å². The van der Waals surface area contributed by atoms with Crippen molar-refractivity contribution >= 4 is 11.9 Å². The van der Waals surface area contributed by atoms with Crippen LogP contribution in [0, 0.1) is 10.8 Å². The number of hydrogen-bond acceptors (Lipinski definition) is 6. The Hall–Kier alpha value is -1.14. The van der Waals surface area contributed by atoms with Gasteiger partial charge in [0, 0.05) is 12.8 Å². The molecule has 34 heavy (non-hydrogen) atoms. The fourth-order valence-corrected chi connectivity index (χ4v) is 3.29. The Labute approximate surface area is 209 Å². The van der Waals surface area contributed by atoms with E-state index in [1.807, 2.05) is 27.7 Å². The van der Waals surface area contributed by atoms with E-state index in [9.17, 15) is 9.59 Å². The molecule has 6 nitrogen and oxygen atoms in total. The number of carbonyl (C=O) groups excluding carboxylic acids is 2. The van der Waals surface area contributed by atoms with Gasteiger partial charge in [0.15, 0.2) is 0 Å². The van der Waals surface area contributed by atoms with E-state index in [1.54, 1.807) is 0 Å². The van der Waals surface area contributed by atoms with Crippen molar-refractivity contribution < 1.29 is 29.1 Å². The molecule has 202 valence electrons. The normalized spacial score (nSPS) is 13.1. The Morgan fingerprint density at radius 1 is 0.471 bits per heavy atom. The lowest BCUT2D eigenvalue weighted by molar-refractivity contribution is -0.340. The van der Waals surface area contributed by atoms with E-state index in [0.29, 0.717) is 36.5 Å². The third-order valence-corrected chi connectivity index (χ3v) is 5.66. The van der Waals surface area contributed by atoms with Crippen molar-refractivity contribution in [2.24, 2.45) is 10.8 Å². The second kappa shape index (κ2) is 15.1. The van der Waals surface area contributed by atoms with Gasteiger partial charge in [-0.25, -0.2) is 9.59 Å². The lowest BCUT2D eigenvalue weighted by atomic mass is 9.89. The fourth-order valence-electron chi connectivity index (χ4n) is 3.29. The summed E-state index contributed by atoms with van der Waals surface area (Å²) in [5.41, 5.74) is -0.677. The first-order valence-corrected chi connectivity index (χ1v) is 13.2. The standard InChI is InChI=1S/C28H54O6/c1-25(2,3)19-15-11-13-17-23(29)31-33-27(7,8)21-22-28(9,10)34-32-24(30)18-14-12-16-20-26(4,5)6/h11-22H2,1-10H3. The molecular weight excluding hydrogens is 432 g/mol. The summed E-state index contributed by atoms with van der Waals surface area (Å²) in [6.07, 6.45) is 10.0. The maximum atomic E-state index is 12.0. The van der Waals surface area contributed by atoms with E-state index in [2.05, 4.69) is 41.5 Å². The molecule has 0 aliphatic carbocycles. The quantitative estimate of drug-likeness (QED) is 0.117. The molecule has 0 saturated heterocycles. The van der Waals surface area contributed by atoms with Crippen molar-refractivity contribution in [2.45, 2.75) is 157 Å². The van der Waals surface area contributed by atoms with Gasteiger partial charge in [-0.2, -0.15) is 9.78 Å². The minimum atomic E-state index is -0.667. The number of carbonyl (C=O) groups is 2. The van der Waals surface area contributed by atoms with Crippen LogP contribution in [0.2, 0.25) is 0 Å². The van der Waals surface area contributed by atoms with Gasteiger partial charge in [-0.3, -0.25) is 9.78 Å². The average Bonchev–Trinajstić information content (AvgIpc) is 2.67. The maximum Gasteiger partial charge on any atom is 0.342 e. The highest BCUT2D eigenvalue weighted by atomic mass is 17.2. The molecule has 0 aliphatic rings. The Bertz CT molecular complexity index is 529. The Morgan fingerprint density at radius 2 is 0.794 bits per heavy atom. The van der Waals surface area contributed by atoms with E-state index in [1.165, 1.54) is 0 Å². The van der Waals surface area contributed by atoms with Crippen molar-refractivity contribution in [2.75, 3.05) is 0 Å².